The normalized spacial score (nSPS) is 20.4. The largest absolute Gasteiger partial charge is 0.514 e. The fourth-order valence-electron chi connectivity index (χ4n) is 4.49. The maximum Gasteiger partial charge on any atom is 0.514 e. The first-order chi connectivity index (χ1) is 17.5. The van der Waals surface area contributed by atoms with Crippen LogP contribution in [0, 0.1) is 5.92 Å². The lowest BCUT2D eigenvalue weighted by atomic mass is 9.91. The Kier molecular flexibility index (Phi) is 8.31. The minimum absolute atomic E-state index is 0.225. The SMILES string of the molecule is CC1C(C(=O)NN2CCCCC2)=NN(c2ccc(Cl)cc2Cl)C1c1ccc(OC(=O)OC(C)(C)C)cc1. The average molecular weight is 547 g/mol. The van der Waals surface area contributed by atoms with Crippen LogP contribution < -0.4 is 15.2 Å². The summed E-state index contributed by atoms with van der Waals surface area (Å²) in [5.74, 6) is -0.130. The number of hydrogen-bond acceptors (Lipinski definition) is 7. The van der Waals surface area contributed by atoms with E-state index in [9.17, 15) is 9.59 Å². The molecule has 0 spiro atoms. The second-order valence-corrected chi connectivity index (χ2v) is 11.1. The lowest BCUT2D eigenvalue weighted by Gasteiger charge is -2.28. The number of carbonyl (C=O) groups is 2. The third kappa shape index (κ3) is 6.74. The van der Waals surface area contributed by atoms with Gasteiger partial charge >= 0.3 is 6.16 Å². The van der Waals surface area contributed by atoms with E-state index >= 15 is 0 Å². The van der Waals surface area contributed by atoms with Crippen molar-refractivity contribution in [2.75, 3.05) is 18.1 Å². The van der Waals surface area contributed by atoms with E-state index in [2.05, 4.69) is 5.43 Å². The van der Waals surface area contributed by atoms with E-state index < -0.39 is 11.8 Å². The summed E-state index contributed by atoms with van der Waals surface area (Å²) in [5, 5.41) is 9.39. The number of nitrogens with zero attached hydrogens (tertiary/aromatic N) is 3. The molecule has 1 N–H and O–H groups in total. The van der Waals surface area contributed by atoms with E-state index in [4.69, 9.17) is 37.8 Å². The van der Waals surface area contributed by atoms with Crippen molar-refractivity contribution < 1.29 is 19.1 Å². The van der Waals surface area contributed by atoms with E-state index in [0.29, 0.717) is 27.2 Å². The molecule has 4 rings (SSSR count). The standard InChI is InChI=1S/C27H32Cl2N4O4/c1-17-23(25(34)31-32-14-6-5-7-15-32)30-33(22-13-10-19(28)16-21(22)29)24(17)18-8-11-20(12-9-18)36-26(35)37-27(2,3)4/h8-13,16-17,24H,5-7,14-15H2,1-4H3,(H,31,34). The molecular formula is C27H32Cl2N4O4. The Balaban J connectivity index is 1.60. The number of carbonyl (C=O) groups excluding carboxylic acids is 2. The van der Waals surface area contributed by atoms with Gasteiger partial charge in [0.1, 0.15) is 17.1 Å². The highest BCUT2D eigenvalue weighted by Gasteiger charge is 2.40. The van der Waals surface area contributed by atoms with Crippen LogP contribution in [0.4, 0.5) is 10.5 Å². The molecule has 2 aliphatic heterocycles. The molecule has 2 aromatic carbocycles. The predicted octanol–water partition coefficient (Wildman–Crippen LogP) is 6.38. The lowest BCUT2D eigenvalue weighted by Crippen LogP contribution is -2.48. The van der Waals surface area contributed by atoms with Crippen molar-refractivity contribution in [1.82, 2.24) is 10.4 Å². The van der Waals surface area contributed by atoms with Crippen molar-refractivity contribution in [2.24, 2.45) is 11.0 Å². The van der Waals surface area contributed by atoms with Gasteiger partial charge in [-0.1, -0.05) is 48.7 Å². The summed E-state index contributed by atoms with van der Waals surface area (Å²) < 4.78 is 10.5. The van der Waals surface area contributed by atoms with Crippen molar-refractivity contribution in [3.63, 3.8) is 0 Å². The smallest absolute Gasteiger partial charge is 0.428 e. The Morgan fingerprint density at radius 2 is 1.70 bits per heavy atom. The van der Waals surface area contributed by atoms with Crippen LogP contribution >= 0.6 is 23.2 Å². The number of hydrogen-bond donors (Lipinski definition) is 1. The van der Waals surface area contributed by atoms with Crippen LogP contribution in [-0.4, -0.2) is 41.5 Å². The Bertz CT molecular complexity index is 1170. The van der Waals surface area contributed by atoms with Gasteiger partial charge in [0, 0.05) is 24.0 Å². The zero-order chi connectivity index (χ0) is 26.7. The van der Waals surface area contributed by atoms with Gasteiger partial charge in [0.15, 0.2) is 0 Å². The van der Waals surface area contributed by atoms with Crippen LogP contribution in [-0.2, 0) is 9.53 Å². The number of rotatable bonds is 5. The predicted molar refractivity (Wildman–Crippen MR) is 145 cm³/mol. The second kappa shape index (κ2) is 11.3. The molecule has 8 nitrogen and oxygen atoms in total. The molecule has 2 atom stereocenters. The highest BCUT2D eigenvalue weighted by atomic mass is 35.5. The molecule has 0 saturated carbocycles. The van der Waals surface area contributed by atoms with Crippen molar-refractivity contribution in [3.8, 4) is 5.75 Å². The van der Waals surface area contributed by atoms with Gasteiger partial charge in [0.25, 0.3) is 5.91 Å². The van der Waals surface area contributed by atoms with Gasteiger partial charge in [-0.2, -0.15) is 5.10 Å². The van der Waals surface area contributed by atoms with Gasteiger partial charge in [-0.3, -0.25) is 15.2 Å². The van der Waals surface area contributed by atoms with E-state index in [1.165, 1.54) is 6.42 Å². The molecule has 0 aliphatic carbocycles. The fourth-order valence-corrected chi connectivity index (χ4v) is 4.99. The maximum absolute atomic E-state index is 13.3. The summed E-state index contributed by atoms with van der Waals surface area (Å²) in [7, 11) is 0. The Labute approximate surface area is 227 Å². The fraction of sp³-hybridized carbons (Fsp3) is 0.444. The summed E-state index contributed by atoms with van der Waals surface area (Å²) in [6.45, 7) is 8.93. The van der Waals surface area contributed by atoms with Crippen LogP contribution in [0.3, 0.4) is 0 Å². The quantitative estimate of drug-likeness (QED) is 0.346. The molecule has 0 aromatic heterocycles. The number of piperidine rings is 1. The molecular weight excluding hydrogens is 515 g/mol. The summed E-state index contributed by atoms with van der Waals surface area (Å²) in [5.41, 5.74) is 4.29. The van der Waals surface area contributed by atoms with E-state index in [1.807, 2.05) is 24.1 Å². The van der Waals surface area contributed by atoms with E-state index in [0.717, 1.165) is 31.5 Å². The minimum atomic E-state index is -0.774. The van der Waals surface area contributed by atoms with Crippen LogP contribution in [0.1, 0.15) is 58.6 Å². The van der Waals surface area contributed by atoms with Gasteiger partial charge in [0.05, 0.1) is 16.8 Å². The average Bonchev–Trinajstić information content (AvgIpc) is 3.16. The van der Waals surface area contributed by atoms with Crippen molar-refractivity contribution in [2.45, 2.75) is 58.6 Å². The maximum atomic E-state index is 13.3. The van der Waals surface area contributed by atoms with Crippen molar-refractivity contribution in [1.29, 1.82) is 0 Å². The van der Waals surface area contributed by atoms with Crippen LogP contribution in [0.2, 0.25) is 10.0 Å². The summed E-state index contributed by atoms with van der Waals surface area (Å²) >= 11 is 12.7. The number of nitrogens with one attached hydrogen (secondary N) is 1. The first-order valence-electron chi connectivity index (χ1n) is 12.4. The molecule has 1 amide bonds. The van der Waals surface area contributed by atoms with Gasteiger partial charge in [0.2, 0.25) is 0 Å². The topological polar surface area (TPSA) is 83.5 Å². The minimum Gasteiger partial charge on any atom is -0.428 e. The molecule has 2 aromatic rings. The molecule has 10 heteroatoms. The number of halogens is 2. The zero-order valence-electron chi connectivity index (χ0n) is 21.5. The first-order valence-corrected chi connectivity index (χ1v) is 13.2. The number of ether oxygens (including phenoxy) is 2. The van der Waals surface area contributed by atoms with Gasteiger partial charge < -0.3 is 9.47 Å². The second-order valence-electron chi connectivity index (χ2n) is 10.3. The van der Waals surface area contributed by atoms with Gasteiger partial charge in [-0.05, 0) is 69.5 Å². The molecule has 0 bridgehead atoms. The number of anilines is 1. The third-order valence-corrected chi connectivity index (χ3v) is 6.74. The zero-order valence-corrected chi connectivity index (χ0v) is 23.0. The summed E-state index contributed by atoms with van der Waals surface area (Å²) in [6.07, 6.45) is 2.50. The molecule has 0 radical (unpaired) electrons. The Morgan fingerprint density at radius 1 is 1.03 bits per heavy atom. The number of hydrazone groups is 1. The van der Waals surface area contributed by atoms with Crippen LogP contribution in [0.25, 0.3) is 0 Å². The first kappa shape index (κ1) is 27.2. The van der Waals surface area contributed by atoms with Gasteiger partial charge in [-0.25, -0.2) is 9.80 Å². The third-order valence-electron chi connectivity index (χ3n) is 6.20. The molecule has 2 aliphatic rings. The monoisotopic (exact) mass is 546 g/mol. The summed E-state index contributed by atoms with van der Waals surface area (Å²) in [4.78, 5) is 25.3. The van der Waals surface area contributed by atoms with Crippen LogP contribution in [0.5, 0.6) is 5.75 Å². The Hall–Kier alpha value is -2.81. The Morgan fingerprint density at radius 3 is 2.32 bits per heavy atom. The van der Waals surface area contributed by atoms with Gasteiger partial charge in [-0.15, -0.1) is 0 Å². The van der Waals surface area contributed by atoms with Crippen molar-refractivity contribution >= 4 is 46.7 Å². The van der Waals surface area contributed by atoms with Crippen molar-refractivity contribution in [3.05, 3.63) is 58.1 Å². The molecule has 198 valence electrons. The highest BCUT2D eigenvalue weighted by molar-refractivity contribution is 6.41. The number of benzene rings is 2. The molecule has 2 unspecified atom stereocenters. The van der Waals surface area contributed by atoms with E-state index in [-0.39, 0.29) is 17.9 Å². The number of hydrazine groups is 1. The molecule has 1 saturated heterocycles. The molecule has 2 heterocycles. The molecule has 1 fully saturated rings. The highest BCUT2D eigenvalue weighted by Crippen LogP contribution is 2.42. The van der Waals surface area contributed by atoms with E-state index in [1.54, 1.807) is 56.1 Å². The van der Waals surface area contributed by atoms with Crippen LogP contribution in [0.15, 0.2) is 47.6 Å². The lowest BCUT2D eigenvalue weighted by molar-refractivity contribution is -0.120. The number of amides is 1. The molecule has 37 heavy (non-hydrogen) atoms. The summed E-state index contributed by atoms with van der Waals surface area (Å²) in [6, 6.07) is 11.9.